The average Bonchev–Trinajstić information content (AvgIpc) is 2.29. The smallest absolute Gasteiger partial charge is 0.305 e. The molecule has 0 heterocycles. The van der Waals surface area contributed by atoms with Crippen molar-refractivity contribution in [3.05, 3.63) is 42.0 Å². The van der Waals surface area contributed by atoms with Gasteiger partial charge >= 0.3 is 5.97 Å². The molecule has 1 atom stereocenters. The average molecular weight is 234 g/mol. The Hall–Kier alpha value is -2.10. The zero-order valence-electron chi connectivity index (χ0n) is 9.75. The van der Waals surface area contributed by atoms with Crippen molar-refractivity contribution in [3.63, 3.8) is 0 Å². The monoisotopic (exact) mass is 234 g/mol. The number of rotatable bonds is 5. The first-order chi connectivity index (χ1) is 8.17. The number of hydrogen-bond donors (Lipinski definition) is 0. The highest BCUT2D eigenvalue weighted by molar-refractivity contribution is 5.79. The van der Waals surface area contributed by atoms with Crippen LogP contribution in [0.25, 0.3) is 0 Å². The minimum Gasteiger partial charge on any atom is -0.450 e. The summed E-state index contributed by atoms with van der Waals surface area (Å²) in [4.78, 5) is 21.7. The third kappa shape index (κ3) is 4.10. The zero-order valence-corrected chi connectivity index (χ0v) is 9.75. The van der Waals surface area contributed by atoms with Crippen LogP contribution in [0.2, 0.25) is 0 Å². The Morgan fingerprint density at radius 3 is 2.65 bits per heavy atom. The van der Waals surface area contributed by atoms with Crippen LogP contribution in [0.1, 0.15) is 24.2 Å². The van der Waals surface area contributed by atoms with Crippen molar-refractivity contribution in [3.8, 4) is 5.75 Å². The van der Waals surface area contributed by atoms with Gasteiger partial charge in [-0.3, -0.25) is 9.59 Å². The van der Waals surface area contributed by atoms with E-state index in [2.05, 4.69) is 0 Å². The first-order valence-corrected chi connectivity index (χ1v) is 5.18. The Balaban J connectivity index is 2.85. The molecule has 4 heteroatoms. The molecule has 0 aromatic heterocycles. The Morgan fingerprint density at radius 1 is 1.35 bits per heavy atom. The molecule has 0 saturated carbocycles. The van der Waals surface area contributed by atoms with Crippen LogP contribution in [0.15, 0.2) is 36.4 Å². The minimum absolute atomic E-state index is 0.381. The van der Waals surface area contributed by atoms with Crippen molar-refractivity contribution >= 4 is 12.3 Å². The van der Waals surface area contributed by atoms with E-state index in [0.717, 1.165) is 0 Å². The summed E-state index contributed by atoms with van der Waals surface area (Å²) < 4.78 is 10.4. The third-order valence-electron chi connectivity index (χ3n) is 1.92. The maximum absolute atomic E-state index is 10.9. The lowest BCUT2D eigenvalue weighted by atomic mass is 10.2. The second-order valence-corrected chi connectivity index (χ2v) is 3.28. The van der Waals surface area contributed by atoms with E-state index < -0.39 is 12.3 Å². The maximum Gasteiger partial charge on any atom is 0.305 e. The summed E-state index contributed by atoms with van der Waals surface area (Å²) in [7, 11) is 0. The fourth-order valence-electron chi connectivity index (χ4n) is 1.23. The van der Waals surface area contributed by atoms with Gasteiger partial charge in [-0.1, -0.05) is 18.2 Å². The molecule has 0 bridgehead atoms. The van der Waals surface area contributed by atoms with Gasteiger partial charge in [0.25, 0.3) is 6.29 Å². The second kappa shape index (κ2) is 6.48. The van der Waals surface area contributed by atoms with Gasteiger partial charge < -0.3 is 9.47 Å². The topological polar surface area (TPSA) is 52.6 Å². The summed E-state index contributed by atoms with van der Waals surface area (Å²) in [5.74, 6) is -0.0662. The second-order valence-electron chi connectivity index (χ2n) is 3.28. The molecule has 0 fully saturated rings. The molecule has 0 aliphatic rings. The largest absolute Gasteiger partial charge is 0.450 e. The van der Waals surface area contributed by atoms with Crippen LogP contribution >= 0.6 is 0 Å². The Labute approximate surface area is 99.8 Å². The number of ether oxygens (including phenoxy) is 2. The summed E-state index contributed by atoms with van der Waals surface area (Å²) in [5, 5.41) is 0. The van der Waals surface area contributed by atoms with Crippen LogP contribution < -0.4 is 4.74 Å². The van der Waals surface area contributed by atoms with E-state index in [1.807, 2.05) is 0 Å². The van der Waals surface area contributed by atoms with Crippen LogP contribution in [0.4, 0.5) is 0 Å². The van der Waals surface area contributed by atoms with Crippen molar-refractivity contribution in [1.82, 2.24) is 0 Å². The van der Waals surface area contributed by atoms with Gasteiger partial charge in [-0.15, -0.1) is 0 Å². The van der Waals surface area contributed by atoms with Gasteiger partial charge in [0, 0.05) is 6.92 Å². The van der Waals surface area contributed by atoms with E-state index in [1.165, 1.54) is 6.92 Å². The van der Waals surface area contributed by atoms with E-state index in [4.69, 9.17) is 9.47 Å². The number of carbonyl (C=O) groups is 2. The molecule has 0 N–H and O–H groups in total. The fraction of sp³-hybridized carbons (Fsp3) is 0.231. The predicted octanol–water partition coefficient (Wildman–Crippen LogP) is 2.34. The highest BCUT2D eigenvalue weighted by Crippen LogP contribution is 2.18. The highest BCUT2D eigenvalue weighted by atomic mass is 16.7. The molecule has 1 unspecified atom stereocenters. The summed E-state index contributed by atoms with van der Waals surface area (Å²) in [5.41, 5.74) is 0.411. The third-order valence-corrected chi connectivity index (χ3v) is 1.92. The van der Waals surface area contributed by atoms with Crippen LogP contribution in [0, 0.1) is 0 Å². The van der Waals surface area contributed by atoms with Crippen LogP contribution in [-0.4, -0.2) is 18.5 Å². The number of carbonyl (C=O) groups excluding carboxylic acids is 2. The summed E-state index contributed by atoms with van der Waals surface area (Å²) in [6.07, 6.45) is 3.16. The van der Waals surface area contributed by atoms with Crippen molar-refractivity contribution in [1.29, 1.82) is 0 Å². The Morgan fingerprint density at radius 2 is 2.06 bits per heavy atom. The van der Waals surface area contributed by atoms with Crippen molar-refractivity contribution in [2.45, 2.75) is 20.1 Å². The van der Waals surface area contributed by atoms with Crippen LogP contribution in [0.5, 0.6) is 5.75 Å². The standard InChI is InChI=1S/C13H14O4/c1-3-6-13(16-10(2)15)17-12-8-5-4-7-11(12)9-14/h3-9,13H,1-2H3. The molecule has 1 aromatic carbocycles. The lowest BCUT2D eigenvalue weighted by Gasteiger charge is -2.16. The molecule has 4 nitrogen and oxygen atoms in total. The number of para-hydroxylation sites is 1. The van der Waals surface area contributed by atoms with E-state index in [1.54, 1.807) is 43.3 Å². The van der Waals surface area contributed by atoms with Gasteiger partial charge in [-0.05, 0) is 25.1 Å². The van der Waals surface area contributed by atoms with Crippen LogP contribution in [-0.2, 0) is 9.53 Å². The number of benzene rings is 1. The molecule has 1 aromatic rings. The number of hydrogen-bond acceptors (Lipinski definition) is 4. The number of esters is 1. The summed E-state index contributed by atoms with van der Waals surface area (Å²) >= 11 is 0. The zero-order chi connectivity index (χ0) is 12.7. The normalized spacial score (nSPS) is 12.1. The van der Waals surface area contributed by atoms with E-state index in [-0.39, 0.29) is 0 Å². The van der Waals surface area contributed by atoms with Crippen molar-refractivity contribution in [2.24, 2.45) is 0 Å². The number of aldehydes is 1. The summed E-state index contributed by atoms with van der Waals surface area (Å²) in [6, 6.07) is 6.74. The van der Waals surface area contributed by atoms with Crippen molar-refractivity contribution < 1.29 is 19.1 Å². The number of allylic oxidation sites excluding steroid dienone is 1. The van der Waals surface area contributed by atoms with Gasteiger partial charge in [-0.25, -0.2) is 0 Å². The Kier molecular flexibility index (Phi) is 4.94. The summed E-state index contributed by atoms with van der Waals surface area (Å²) in [6.45, 7) is 3.08. The molecular formula is C13H14O4. The van der Waals surface area contributed by atoms with Gasteiger partial charge in [0.15, 0.2) is 6.29 Å². The van der Waals surface area contributed by atoms with Crippen LogP contribution in [0.3, 0.4) is 0 Å². The molecular weight excluding hydrogens is 220 g/mol. The van der Waals surface area contributed by atoms with Gasteiger partial charge in [0.2, 0.25) is 0 Å². The molecule has 90 valence electrons. The molecule has 0 aliphatic carbocycles. The first-order valence-electron chi connectivity index (χ1n) is 5.18. The SMILES string of the molecule is CC=CC(OC(C)=O)Oc1ccccc1C=O. The molecule has 0 radical (unpaired) electrons. The lowest BCUT2D eigenvalue weighted by Crippen LogP contribution is -2.21. The molecule has 0 aliphatic heterocycles. The maximum atomic E-state index is 10.9. The molecule has 17 heavy (non-hydrogen) atoms. The molecule has 0 saturated heterocycles. The van der Waals surface area contributed by atoms with Gasteiger partial charge in [0.05, 0.1) is 5.56 Å². The highest BCUT2D eigenvalue weighted by Gasteiger charge is 2.11. The van der Waals surface area contributed by atoms with E-state index in [9.17, 15) is 9.59 Å². The predicted molar refractivity (Wildman–Crippen MR) is 62.8 cm³/mol. The Bertz CT molecular complexity index is 423. The van der Waals surface area contributed by atoms with Crippen molar-refractivity contribution in [2.75, 3.05) is 0 Å². The molecule has 1 rings (SSSR count). The van der Waals surface area contributed by atoms with E-state index in [0.29, 0.717) is 17.6 Å². The van der Waals surface area contributed by atoms with Gasteiger partial charge in [-0.2, -0.15) is 0 Å². The molecule has 0 amide bonds. The minimum atomic E-state index is -0.821. The quantitative estimate of drug-likeness (QED) is 0.339. The molecule has 0 spiro atoms. The van der Waals surface area contributed by atoms with E-state index >= 15 is 0 Å². The van der Waals surface area contributed by atoms with Gasteiger partial charge in [0.1, 0.15) is 5.75 Å². The first kappa shape index (κ1) is 13.0. The lowest BCUT2D eigenvalue weighted by molar-refractivity contribution is -0.155. The fourth-order valence-corrected chi connectivity index (χ4v) is 1.23.